The third kappa shape index (κ3) is 6.04. The molecule has 0 radical (unpaired) electrons. The Morgan fingerprint density at radius 3 is 2.82 bits per heavy atom. The molecule has 0 saturated heterocycles. The van der Waals surface area contributed by atoms with Crippen LogP contribution >= 0.6 is 11.8 Å². The molecule has 0 aromatic carbocycles. The zero-order valence-electron chi connectivity index (χ0n) is 7.42. The highest BCUT2D eigenvalue weighted by atomic mass is 32.2. The van der Waals surface area contributed by atoms with Crippen LogP contribution in [0, 0.1) is 0 Å². The summed E-state index contributed by atoms with van der Waals surface area (Å²) in [7, 11) is 1.68. The van der Waals surface area contributed by atoms with E-state index in [4.69, 9.17) is 5.73 Å². The van der Waals surface area contributed by atoms with Crippen molar-refractivity contribution in [3.63, 3.8) is 0 Å². The molecule has 0 aromatic rings. The van der Waals surface area contributed by atoms with Crippen LogP contribution < -0.4 is 11.1 Å². The maximum atomic E-state index is 5.43. The van der Waals surface area contributed by atoms with E-state index in [-0.39, 0.29) is 0 Å². The number of hydrogen-bond donors (Lipinski definition) is 2. The molecule has 0 amide bonds. The lowest BCUT2D eigenvalue weighted by atomic mass is 10.3. The molecule has 0 aliphatic carbocycles. The summed E-state index contributed by atoms with van der Waals surface area (Å²) in [5.74, 6) is 0.526. The second kappa shape index (κ2) is 6.34. The number of hydrogen-bond acceptors (Lipinski definition) is 2. The average Bonchev–Trinajstić information content (AvgIpc) is 2.04. The maximum Gasteiger partial charge on any atom is 0.188 e. The molecule has 4 heteroatoms. The largest absolute Gasteiger partial charge is 0.370 e. The summed E-state index contributed by atoms with van der Waals surface area (Å²) in [6.45, 7) is 3.11. The normalized spacial score (nSPS) is 14.6. The smallest absolute Gasteiger partial charge is 0.188 e. The molecule has 3 nitrogen and oxygen atoms in total. The van der Waals surface area contributed by atoms with Gasteiger partial charge in [-0.1, -0.05) is 6.92 Å². The summed E-state index contributed by atoms with van der Waals surface area (Å²) in [6, 6.07) is 0. The predicted octanol–water partition coefficient (Wildman–Crippen LogP) is 0.662. The van der Waals surface area contributed by atoms with E-state index in [1.807, 2.05) is 11.8 Å². The second-order valence-corrected chi connectivity index (χ2v) is 3.65. The maximum absolute atomic E-state index is 5.43. The van der Waals surface area contributed by atoms with Crippen LogP contribution in [0.15, 0.2) is 4.99 Å². The van der Waals surface area contributed by atoms with E-state index in [1.165, 1.54) is 0 Å². The molecule has 0 heterocycles. The SMILES string of the molecule is CN=C(N)NCCC(C)SC. The van der Waals surface area contributed by atoms with Crippen LogP contribution in [0.25, 0.3) is 0 Å². The Labute approximate surface area is 72.8 Å². The molecule has 1 unspecified atom stereocenters. The Kier molecular flexibility index (Phi) is 6.12. The van der Waals surface area contributed by atoms with E-state index in [2.05, 4.69) is 23.5 Å². The minimum Gasteiger partial charge on any atom is -0.370 e. The van der Waals surface area contributed by atoms with E-state index < -0.39 is 0 Å². The molecular formula is C7H17N3S. The number of nitrogens with two attached hydrogens (primary N) is 1. The van der Waals surface area contributed by atoms with Crippen LogP contribution in [0.3, 0.4) is 0 Å². The highest BCUT2D eigenvalue weighted by Crippen LogP contribution is 2.07. The first-order valence-electron chi connectivity index (χ1n) is 3.69. The van der Waals surface area contributed by atoms with Crippen molar-refractivity contribution in [2.45, 2.75) is 18.6 Å². The predicted molar refractivity (Wildman–Crippen MR) is 53.1 cm³/mol. The zero-order valence-corrected chi connectivity index (χ0v) is 8.24. The van der Waals surface area contributed by atoms with Crippen molar-refractivity contribution in [1.82, 2.24) is 5.32 Å². The van der Waals surface area contributed by atoms with Crippen LogP contribution in [0.1, 0.15) is 13.3 Å². The van der Waals surface area contributed by atoms with Crippen LogP contribution in [0.2, 0.25) is 0 Å². The standard InChI is InChI=1S/C7H17N3S/c1-6(11-3)4-5-10-7(8)9-2/h6H,4-5H2,1-3H3,(H3,8,9,10). The molecule has 0 aliphatic heterocycles. The highest BCUT2D eigenvalue weighted by Gasteiger charge is 1.97. The van der Waals surface area contributed by atoms with Gasteiger partial charge in [0.1, 0.15) is 0 Å². The number of guanidine groups is 1. The molecule has 0 aliphatic rings. The highest BCUT2D eigenvalue weighted by molar-refractivity contribution is 7.99. The first-order chi connectivity index (χ1) is 5.20. The van der Waals surface area contributed by atoms with Gasteiger partial charge in [0.05, 0.1) is 0 Å². The van der Waals surface area contributed by atoms with Gasteiger partial charge in [0.15, 0.2) is 5.96 Å². The summed E-state index contributed by atoms with van der Waals surface area (Å²) in [5, 5.41) is 3.70. The fraction of sp³-hybridized carbons (Fsp3) is 0.857. The molecule has 0 aromatic heterocycles. The lowest BCUT2D eigenvalue weighted by molar-refractivity contribution is 0.764. The Morgan fingerprint density at radius 2 is 2.36 bits per heavy atom. The monoisotopic (exact) mass is 175 g/mol. The Bertz CT molecular complexity index is 125. The Morgan fingerprint density at radius 1 is 1.73 bits per heavy atom. The van der Waals surface area contributed by atoms with E-state index in [0.29, 0.717) is 11.2 Å². The van der Waals surface area contributed by atoms with Gasteiger partial charge < -0.3 is 11.1 Å². The van der Waals surface area contributed by atoms with Crippen LogP contribution in [0.4, 0.5) is 0 Å². The molecule has 1 atom stereocenters. The number of aliphatic imine (C=N–C) groups is 1. The lowest BCUT2D eigenvalue weighted by Gasteiger charge is -2.08. The Balaban J connectivity index is 3.27. The van der Waals surface area contributed by atoms with Gasteiger partial charge in [0.2, 0.25) is 0 Å². The molecule has 0 bridgehead atoms. The molecule has 0 fully saturated rings. The minimum atomic E-state index is 0.526. The van der Waals surface area contributed by atoms with Gasteiger partial charge in [-0.25, -0.2) is 0 Å². The van der Waals surface area contributed by atoms with E-state index >= 15 is 0 Å². The number of rotatable bonds is 4. The van der Waals surface area contributed by atoms with Gasteiger partial charge >= 0.3 is 0 Å². The van der Waals surface area contributed by atoms with E-state index in [9.17, 15) is 0 Å². The van der Waals surface area contributed by atoms with Gasteiger partial charge in [0, 0.05) is 18.8 Å². The summed E-state index contributed by atoms with van der Waals surface area (Å²) >= 11 is 1.86. The zero-order chi connectivity index (χ0) is 8.69. The van der Waals surface area contributed by atoms with Gasteiger partial charge in [0.25, 0.3) is 0 Å². The summed E-state index contributed by atoms with van der Waals surface area (Å²) < 4.78 is 0. The average molecular weight is 175 g/mol. The lowest BCUT2D eigenvalue weighted by Crippen LogP contribution is -2.32. The summed E-state index contributed by atoms with van der Waals surface area (Å²) in [6.07, 6.45) is 3.24. The number of nitrogens with one attached hydrogen (secondary N) is 1. The van der Waals surface area contributed by atoms with E-state index in [0.717, 1.165) is 13.0 Å². The second-order valence-electron chi connectivity index (χ2n) is 2.37. The quantitative estimate of drug-likeness (QED) is 0.487. The van der Waals surface area contributed by atoms with Gasteiger partial charge in [-0.2, -0.15) is 11.8 Å². The molecule has 0 saturated carbocycles. The van der Waals surface area contributed by atoms with Crippen molar-refractivity contribution >= 4 is 17.7 Å². The summed E-state index contributed by atoms with van der Waals surface area (Å²) in [5.41, 5.74) is 5.43. The molecule has 3 N–H and O–H groups in total. The molecule has 11 heavy (non-hydrogen) atoms. The Hall–Kier alpha value is -0.380. The number of thioether (sulfide) groups is 1. The van der Waals surface area contributed by atoms with Gasteiger partial charge in [-0.3, -0.25) is 4.99 Å². The van der Waals surface area contributed by atoms with Gasteiger partial charge in [-0.05, 0) is 12.7 Å². The van der Waals surface area contributed by atoms with Crippen molar-refractivity contribution in [3.8, 4) is 0 Å². The van der Waals surface area contributed by atoms with Crippen molar-refractivity contribution in [3.05, 3.63) is 0 Å². The molecule has 0 spiro atoms. The van der Waals surface area contributed by atoms with Crippen molar-refractivity contribution < 1.29 is 0 Å². The van der Waals surface area contributed by atoms with Crippen LogP contribution in [0.5, 0.6) is 0 Å². The summed E-state index contributed by atoms with van der Waals surface area (Å²) in [4.78, 5) is 3.79. The molecule has 66 valence electrons. The van der Waals surface area contributed by atoms with Crippen molar-refractivity contribution in [2.24, 2.45) is 10.7 Å². The van der Waals surface area contributed by atoms with Crippen molar-refractivity contribution in [1.29, 1.82) is 0 Å². The van der Waals surface area contributed by atoms with Gasteiger partial charge in [-0.15, -0.1) is 0 Å². The van der Waals surface area contributed by atoms with Crippen LogP contribution in [-0.2, 0) is 0 Å². The van der Waals surface area contributed by atoms with Crippen molar-refractivity contribution in [2.75, 3.05) is 19.8 Å². The topological polar surface area (TPSA) is 50.4 Å². The van der Waals surface area contributed by atoms with E-state index in [1.54, 1.807) is 7.05 Å². The molecular weight excluding hydrogens is 158 g/mol. The fourth-order valence-electron chi connectivity index (χ4n) is 0.600. The third-order valence-corrected chi connectivity index (χ3v) is 2.54. The first-order valence-corrected chi connectivity index (χ1v) is 4.98. The third-order valence-electron chi connectivity index (χ3n) is 1.50. The fourth-order valence-corrected chi connectivity index (χ4v) is 0.954. The number of nitrogens with zero attached hydrogens (tertiary/aromatic N) is 1. The first kappa shape index (κ1) is 10.6. The molecule has 0 rings (SSSR count). The van der Waals surface area contributed by atoms with Crippen LogP contribution in [-0.4, -0.2) is 31.1 Å². The minimum absolute atomic E-state index is 0.526.